The number of furan rings is 1. The molecule has 1 aromatic heterocycles. The molecule has 0 aliphatic heterocycles. The number of nitrogens with two attached hydrogens (primary N) is 1. The highest BCUT2D eigenvalue weighted by Crippen LogP contribution is 2.26. The van der Waals surface area contributed by atoms with Crippen LogP contribution in [0.4, 0.5) is 0 Å². The van der Waals surface area contributed by atoms with E-state index in [0.29, 0.717) is 0 Å². The summed E-state index contributed by atoms with van der Waals surface area (Å²) in [6.45, 7) is 0. The van der Waals surface area contributed by atoms with Crippen LogP contribution >= 0.6 is 27.5 Å². The molecule has 1 heterocycles. The van der Waals surface area contributed by atoms with Crippen molar-refractivity contribution in [2.75, 3.05) is 0 Å². The fourth-order valence-corrected chi connectivity index (χ4v) is 2.24. The Balaban J connectivity index is 2.16. The molecule has 0 fully saturated rings. The van der Waals surface area contributed by atoms with E-state index in [4.69, 9.17) is 21.9 Å². The fraction of sp³-hybridized carbons (Fsp3) is 0.167. The molecule has 0 radical (unpaired) electrons. The third kappa shape index (κ3) is 3.10. The highest BCUT2D eigenvalue weighted by molar-refractivity contribution is 9.10. The first kappa shape index (κ1) is 12.6. The van der Waals surface area contributed by atoms with Gasteiger partial charge in [0, 0.05) is 5.02 Å². The van der Waals surface area contributed by atoms with Crippen molar-refractivity contribution in [2.45, 2.75) is 12.5 Å². The Hall–Kier alpha value is -0.810. The van der Waals surface area contributed by atoms with Gasteiger partial charge in [-0.25, -0.2) is 5.43 Å². The molecule has 17 heavy (non-hydrogen) atoms. The zero-order chi connectivity index (χ0) is 12.3. The molecule has 0 aliphatic carbocycles. The molecule has 0 aliphatic rings. The molecule has 3 nitrogen and oxygen atoms in total. The number of hydrogen-bond donors (Lipinski definition) is 2. The van der Waals surface area contributed by atoms with Crippen molar-refractivity contribution in [1.29, 1.82) is 0 Å². The van der Waals surface area contributed by atoms with Crippen LogP contribution in [0.5, 0.6) is 0 Å². The number of hydrogen-bond acceptors (Lipinski definition) is 3. The summed E-state index contributed by atoms with van der Waals surface area (Å²) < 4.78 is 6.31. The fourth-order valence-electron chi connectivity index (χ4n) is 1.64. The van der Waals surface area contributed by atoms with Crippen molar-refractivity contribution in [3.05, 3.63) is 57.4 Å². The van der Waals surface area contributed by atoms with E-state index in [0.717, 1.165) is 27.2 Å². The lowest BCUT2D eigenvalue weighted by atomic mass is 10.0. The van der Waals surface area contributed by atoms with Crippen LogP contribution in [0.2, 0.25) is 5.02 Å². The maximum absolute atomic E-state index is 5.84. The molecule has 0 saturated carbocycles. The lowest BCUT2D eigenvalue weighted by molar-refractivity contribution is 0.413. The van der Waals surface area contributed by atoms with Crippen LogP contribution < -0.4 is 11.3 Å². The van der Waals surface area contributed by atoms with Gasteiger partial charge in [0.1, 0.15) is 5.76 Å². The summed E-state index contributed by atoms with van der Waals surface area (Å²) in [5, 5.41) is 0.727. The van der Waals surface area contributed by atoms with Gasteiger partial charge in [0.15, 0.2) is 0 Å². The monoisotopic (exact) mass is 314 g/mol. The molecule has 0 bridgehead atoms. The molecule has 0 spiro atoms. The minimum absolute atomic E-state index is 0.0689. The Morgan fingerprint density at radius 3 is 2.53 bits per heavy atom. The summed E-state index contributed by atoms with van der Waals surface area (Å²) in [4.78, 5) is 0. The van der Waals surface area contributed by atoms with Gasteiger partial charge in [0.2, 0.25) is 0 Å². The van der Waals surface area contributed by atoms with Crippen LogP contribution in [0.3, 0.4) is 0 Å². The van der Waals surface area contributed by atoms with Crippen LogP contribution in [0, 0.1) is 0 Å². The van der Waals surface area contributed by atoms with Crippen molar-refractivity contribution in [3.63, 3.8) is 0 Å². The van der Waals surface area contributed by atoms with E-state index < -0.39 is 0 Å². The van der Waals surface area contributed by atoms with E-state index in [2.05, 4.69) is 21.4 Å². The molecule has 2 rings (SSSR count). The normalized spacial score (nSPS) is 12.6. The molecular weight excluding hydrogens is 304 g/mol. The van der Waals surface area contributed by atoms with Gasteiger partial charge in [-0.2, -0.15) is 0 Å². The van der Waals surface area contributed by atoms with E-state index >= 15 is 0 Å². The maximum Gasteiger partial charge on any atom is 0.136 e. The van der Waals surface area contributed by atoms with Crippen LogP contribution in [-0.4, -0.2) is 0 Å². The summed E-state index contributed by atoms with van der Waals surface area (Å²) in [5.74, 6) is 6.35. The first-order valence-electron chi connectivity index (χ1n) is 5.14. The second-order valence-electron chi connectivity index (χ2n) is 3.68. The molecule has 1 atom stereocenters. The average Bonchev–Trinajstić information content (AvgIpc) is 2.75. The van der Waals surface area contributed by atoms with Gasteiger partial charge in [0.05, 0.1) is 16.8 Å². The first-order chi connectivity index (χ1) is 8.20. The van der Waals surface area contributed by atoms with Gasteiger partial charge in [-0.05, 0) is 46.1 Å². The third-order valence-electron chi connectivity index (χ3n) is 2.52. The highest BCUT2D eigenvalue weighted by atomic mass is 79.9. The van der Waals surface area contributed by atoms with Gasteiger partial charge in [-0.15, -0.1) is 0 Å². The second kappa shape index (κ2) is 5.69. The van der Waals surface area contributed by atoms with E-state index in [9.17, 15) is 0 Å². The molecule has 1 unspecified atom stereocenters. The van der Waals surface area contributed by atoms with Crippen molar-refractivity contribution >= 4 is 27.5 Å². The number of nitrogens with one attached hydrogen (secondary N) is 1. The molecule has 0 amide bonds. The standard InChI is InChI=1S/C12H12BrClN2O/c13-10-5-6-17-12(10)11(16-15)7-8-1-3-9(14)4-2-8/h1-6,11,16H,7,15H2. The summed E-state index contributed by atoms with van der Waals surface area (Å²) in [5.41, 5.74) is 3.89. The predicted octanol–water partition coefficient (Wildman–Crippen LogP) is 3.44. The van der Waals surface area contributed by atoms with E-state index in [1.165, 1.54) is 0 Å². The molecule has 2 aromatic rings. The van der Waals surface area contributed by atoms with Crippen molar-refractivity contribution in [3.8, 4) is 0 Å². The minimum atomic E-state index is -0.0689. The van der Waals surface area contributed by atoms with Gasteiger partial charge >= 0.3 is 0 Å². The van der Waals surface area contributed by atoms with Crippen LogP contribution in [0.1, 0.15) is 17.4 Å². The third-order valence-corrected chi connectivity index (χ3v) is 3.42. The average molecular weight is 316 g/mol. The van der Waals surface area contributed by atoms with E-state index in [1.54, 1.807) is 6.26 Å². The molecule has 3 N–H and O–H groups in total. The number of hydrazine groups is 1. The summed E-state index contributed by atoms with van der Waals surface area (Å²) in [6.07, 6.45) is 2.37. The SMILES string of the molecule is NNC(Cc1ccc(Cl)cc1)c1occc1Br. The number of halogens is 2. The van der Waals surface area contributed by atoms with Crippen molar-refractivity contribution in [2.24, 2.45) is 5.84 Å². The van der Waals surface area contributed by atoms with Crippen molar-refractivity contribution < 1.29 is 4.42 Å². The number of benzene rings is 1. The van der Waals surface area contributed by atoms with Gasteiger partial charge < -0.3 is 4.42 Å². The molecule has 5 heteroatoms. The molecule has 0 saturated heterocycles. The number of rotatable bonds is 4. The molecule has 1 aromatic carbocycles. The van der Waals surface area contributed by atoms with E-state index in [1.807, 2.05) is 30.3 Å². The molecular formula is C12H12BrClN2O. The lowest BCUT2D eigenvalue weighted by Gasteiger charge is -2.14. The Morgan fingerprint density at radius 1 is 1.29 bits per heavy atom. The summed E-state index contributed by atoms with van der Waals surface area (Å²) in [6, 6.07) is 9.46. The Bertz CT molecular complexity index is 484. The maximum atomic E-state index is 5.84. The Morgan fingerprint density at radius 2 is 2.00 bits per heavy atom. The largest absolute Gasteiger partial charge is 0.466 e. The quantitative estimate of drug-likeness (QED) is 0.671. The van der Waals surface area contributed by atoms with E-state index in [-0.39, 0.29) is 6.04 Å². The lowest BCUT2D eigenvalue weighted by Crippen LogP contribution is -2.29. The van der Waals surface area contributed by atoms with Crippen LogP contribution in [0.15, 0.2) is 45.5 Å². The summed E-state index contributed by atoms with van der Waals surface area (Å²) in [7, 11) is 0. The predicted molar refractivity (Wildman–Crippen MR) is 71.6 cm³/mol. The molecule has 90 valence electrons. The Kier molecular flexibility index (Phi) is 4.23. The van der Waals surface area contributed by atoms with Gasteiger partial charge in [0.25, 0.3) is 0 Å². The van der Waals surface area contributed by atoms with Gasteiger partial charge in [-0.3, -0.25) is 5.84 Å². The Labute approximate surface area is 113 Å². The smallest absolute Gasteiger partial charge is 0.136 e. The van der Waals surface area contributed by atoms with Gasteiger partial charge in [-0.1, -0.05) is 23.7 Å². The topological polar surface area (TPSA) is 51.2 Å². The second-order valence-corrected chi connectivity index (χ2v) is 4.97. The zero-order valence-electron chi connectivity index (χ0n) is 8.99. The zero-order valence-corrected chi connectivity index (χ0v) is 11.3. The minimum Gasteiger partial charge on any atom is -0.466 e. The van der Waals surface area contributed by atoms with Crippen LogP contribution in [0.25, 0.3) is 0 Å². The first-order valence-corrected chi connectivity index (χ1v) is 6.31. The highest BCUT2D eigenvalue weighted by Gasteiger charge is 2.16. The van der Waals surface area contributed by atoms with Crippen molar-refractivity contribution in [1.82, 2.24) is 5.43 Å². The van der Waals surface area contributed by atoms with Crippen LogP contribution in [-0.2, 0) is 6.42 Å². The summed E-state index contributed by atoms with van der Waals surface area (Å²) >= 11 is 9.26.